The quantitative estimate of drug-likeness (QED) is 0.879. The van der Waals surface area contributed by atoms with E-state index in [0.717, 1.165) is 50.9 Å². The van der Waals surface area contributed by atoms with Crippen LogP contribution in [0.5, 0.6) is 0 Å². The van der Waals surface area contributed by atoms with E-state index in [1.807, 2.05) is 18.2 Å². The van der Waals surface area contributed by atoms with Gasteiger partial charge in [0.1, 0.15) is 0 Å². The van der Waals surface area contributed by atoms with Crippen molar-refractivity contribution in [3.05, 3.63) is 33.8 Å². The zero-order valence-electron chi connectivity index (χ0n) is 12.5. The lowest BCUT2D eigenvalue weighted by Crippen LogP contribution is -3.00. The first-order valence-electron chi connectivity index (χ1n) is 7.83. The lowest BCUT2D eigenvalue weighted by molar-refractivity contribution is -0.00981. The first kappa shape index (κ1) is 18.4. The normalized spacial score (nSPS) is 22.5. The van der Waals surface area contributed by atoms with Crippen LogP contribution in [0.2, 0.25) is 10.0 Å². The highest BCUT2D eigenvalue weighted by atomic mass is 35.5. The molecular formula is C17H22Cl3O2-. The fraction of sp³-hybridized carbons (Fsp3) is 0.647. The van der Waals surface area contributed by atoms with Gasteiger partial charge in [-0.05, 0) is 55.7 Å². The number of hydrogen-bond acceptors (Lipinski definition) is 2. The molecule has 2 aliphatic rings. The third-order valence-electron chi connectivity index (χ3n) is 5.28. The molecule has 0 spiro atoms. The van der Waals surface area contributed by atoms with E-state index in [-0.39, 0.29) is 23.9 Å². The molecule has 0 aromatic heterocycles. The molecule has 0 radical (unpaired) electrons. The maximum atomic E-state index is 10.9. The van der Waals surface area contributed by atoms with Crippen LogP contribution in [0.4, 0.5) is 0 Å². The van der Waals surface area contributed by atoms with Gasteiger partial charge in [-0.15, -0.1) is 0 Å². The molecule has 2 fully saturated rings. The summed E-state index contributed by atoms with van der Waals surface area (Å²) in [7, 11) is 0. The van der Waals surface area contributed by atoms with Gasteiger partial charge >= 0.3 is 0 Å². The molecular weight excluding hydrogens is 343 g/mol. The van der Waals surface area contributed by atoms with Crippen molar-refractivity contribution in [1.29, 1.82) is 0 Å². The second-order valence-electron chi connectivity index (χ2n) is 6.45. The molecule has 3 rings (SSSR count). The molecule has 5 heteroatoms. The topological polar surface area (TPSA) is 29.5 Å². The summed E-state index contributed by atoms with van der Waals surface area (Å²) < 4.78 is 5.41. The SMILES string of the molecule is OC(CC1CCOCC1)C1(c2ccc(Cl)c(Cl)c2)CCC1.[Cl-]. The Hall–Kier alpha value is 0.01000. The summed E-state index contributed by atoms with van der Waals surface area (Å²) in [6, 6.07) is 5.82. The maximum absolute atomic E-state index is 10.9. The van der Waals surface area contributed by atoms with Crippen LogP contribution in [0, 0.1) is 5.92 Å². The van der Waals surface area contributed by atoms with Crippen molar-refractivity contribution in [3.63, 3.8) is 0 Å². The Labute approximate surface area is 148 Å². The Morgan fingerprint density at radius 2 is 1.86 bits per heavy atom. The van der Waals surface area contributed by atoms with Crippen LogP contribution in [-0.4, -0.2) is 24.4 Å². The third kappa shape index (κ3) is 3.57. The van der Waals surface area contributed by atoms with Crippen molar-refractivity contribution in [1.82, 2.24) is 0 Å². The summed E-state index contributed by atoms with van der Waals surface area (Å²) in [6.45, 7) is 1.66. The van der Waals surface area contributed by atoms with E-state index in [2.05, 4.69) is 0 Å². The molecule has 1 saturated heterocycles. The fourth-order valence-corrected chi connectivity index (χ4v) is 4.00. The summed E-state index contributed by atoms with van der Waals surface area (Å²) in [5.41, 5.74) is 1.02. The molecule has 0 amide bonds. The summed E-state index contributed by atoms with van der Waals surface area (Å²) in [4.78, 5) is 0. The number of ether oxygens (including phenoxy) is 1. The molecule has 1 aromatic rings. The minimum Gasteiger partial charge on any atom is -1.00 e. The summed E-state index contributed by atoms with van der Waals surface area (Å²) in [6.07, 6.45) is 5.94. The lowest BCUT2D eigenvalue weighted by atomic mass is 9.59. The van der Waals surface area contributed by atoms with E-state index in [1.54, 1.807) is 0 Å². The van der Waals surface area contributed by atoms with Crippen molar-refractivity contribution in [2.24, 2.45) is 5.92 Å². The molecule has 1 saturated carbocycles. The van der Waals surface area contributed by atoms with Crippen LogP contribution in [0.3, 0.4) is 0 Å². The number of hydrogen-bond donors (Lipinski definition) is 1. The molecule has 1 aliphatic heterocycles. The largest absolute Gasteiger partial charge is 1.00 e. The number of benzene rings is 1. The number of aliphatic hydroxyl groups excluding tert-OH is 1. The van der Waals surface area contributed by atoms with Gasteiger partial charge in [-0.3, -0.25) is 0 Å². The monoisotopic (exact) mass is 363 g/mol. The molecule has 1 atom stereocenters. The van der Waals surface area contributed by atoms with Crippen molar-refractivity contribution in [3.8, 4) is 0 Å². The minimum atomic E-state index is -0.299. The lowest BCUT2D eigenvalue weighted by Gasteiger charge is -2.47. The Morgan fingerprint density at radius 1 is 1.18 bits per heavy atom. The number of aliphatic hydroxyl groups is 1. The first-order chi connectivity index (χ1) is 10.1. The van der Waals surface area contributed by atoms with Crippen LogP contribution in [0.15, 0.2) is 18.2 Å². The molecule has 1 aromatic carbocycles. The van der Waals surface area contributed by atoms with Gasteiger partial charge in [-0.2, -0.15) is 0 Å². The van der Waals surface area contributed by atoms with Gasteiger partial charge in [-0.25, -0.2) is 0 Å². The van der Waals surface area contributed by atoms with Gasteiger partial charge < -0.3 is 22.3 Å². The molecule has 1 unspecified atom stereocenters. The van der Waals surface area contributed by atoms with E-state index in [4.69, 9.17) is 27.9 Å². The van der Waals surface area contributed by atoms with E-state index in [1.165, 1.54) is 6.42 Å². The molecule has 22 heavy (non-hydrogen) atoms. The maximum Gasteiger partial charge on any atom is 0.0639 e. The van der Waals surface area contributed by atoms with Crippen LogP contribution in [-0.2, 0) is 10.2 Å². The Kier molecular flexibility index (Phi) is 6.44. The summed E-state index contributed by atoms with van der Waals surface area (Å²) in [5.74, 6) is 0.578. The zero-order valence-corrected chi connectivity index (χ0v) is 14.8. The highest BCUT2D eigenvalue weighted by Crippen LogP contribution is 2.49. The third-order valence-corrected chi connectivity index (χ3v) is 6.01. The van der Waals surface area contributed by atoms with Crippen molar-refractivity contribution in [2.45, 2.75) is 50.0 Å². The van der Waals surface area contributed by atoms with Gasteiger partial charge in [0.15, 0.2) is 0 Å². The van der Waals surface area contributed by atoms with Crippen molar-refractivity contribution >= 4 is 23.2 Å². The molecule has 1 aliphatic carbocycles. The Balaban J connectivity index is 0.00000176. The molecule has 0 bridgehead atoms. The van der Waals surface area contributed by atoms with E-state index < -0.39 is 0 Å². The Bertz CT molecular complexity index is 497. The average molecular weight is 365 g/mol. The molecule has 124 valence electrons. The van der Waals surface area contributed by atoms with Gasteiger partial charge in [0.2, 0.25) is 0 Å². The highest BCUT2D eigenvalue weighted by molar-refractivity contribution is 6.42. The molecule has 1 N–H and O–H groups in total. The molecule has 1 heterocycles. The van der Waals surface area contributed by atoms with Crippen LogP contribution >= 0.6 is 23.2 Å². The predicted molar refractivity (Wildman–Crippen MR) is 86.2 cm³/mol. The summed E-state index contributed by atoms with van der Waals surface area (Å²) >= 11 is 12.2. The van der Waals surface area contributed by atoms with Gasteiger partial charge in [0.05, 0.1) is 16.1 Å². The smallest absolute Gasteiger partial charge is 0.0639 e. The van der Waals surface area contributed by atoms with Crippen molar-refractivity contribution in [2.75, 3.05) is 13.2 Å². The number of rotatable bonds is 4. The van der Waals surface area contributed by atoms with Crippen LogP contribution < -0.4 is 12.4 Å². The summed E-state index contributed by atoms with van der Waals surface area (Å²) in [5, 5.41) is 12.0. The average Bonchev–Trinajstić information content (AvgIpc) is 2.42. The van der Waals surface area contributed by atoms with Gasteiger partial charge in [0.25, 0.3) is 0 Å². The second-order valence-corrected chi connectivity index (χ2v) is 7.26. The zero-order chi connectivity index (χ0) is 14.9. The van der Waals surface area contributed by atoms with Gasteiger partial charge in [0, 0.05) is 18.6 Å². The van der Waals surface area contributed by atoms with E-state index >= 15 is 0 Å². The highest BCUT2D eigenvalue weighted by Gasteiger charge is 2.45. The number of halogens is 3. The van der Waals surface area contributed by atoms with Crippen LogP contribution in [0.25, 0.3) is 0 Å². The second kappa shape index (κ2) is 7.72. The van der Waals surface area contributed by atoms with Gasteiger partial charge in [-0.1, -0.05) is 35.7 Å². The van der Waals surface area contributed by atoms with Crippen molar-refractivity contribution < 1.29 is 22.3 Å². The van der Waals surface area contributed by atoms with Crippen LogP contribution in [0.1, 0.15) is 44.1 Å². The Morgan fingerprint density at radius 3 is 2.41 bits per heavy atom. The standard InChI is InChI=1S/C17H22Cl2O2.ClH/c18-14-3-2-13(11-15(14)19)17(6-1-7-17)16(20)10-12-4-8-21-9-5-12;/h2-3,11-12,16,20H,1,4-10H2;1H/p-1. The van der Waals surface area contributed by atoms with E-state index in [9.17, 15) is 5.11 Å². The first-order valence-corrected chi connectivity index (χ1v) is 8.59. The fourth-order valence-electron chi connectivity index (χ4n) is 3.70. The van der Waals surface area contributed by atoms with E-state index in [0.29, 0.717) is 16.0 Å². The predicted octanol–water partition coefficient (Wildman–Crippen LogP) is 1.60. The minimum absolute atomic E-state index is 0. The molecule has 2 nitrogen and oxygen atoms in total.